The third-order valence-electron chi connectivity index (χ3n) is 15.0. The molecule has 1 atom stereocenters. The van der Waals surface area contributed by atoms with E-state index in [0.717, 1.165) is 77.0 Å². The minimum absolute atomic E-state index is 0.0764. The van der Waals surface area contributed by atoms with Gasteiger partial charge in [-0.05, 0) is 109 Å². The number of hydrogen-bond acceptors (Lipinski definition) is 6. The van der Waals surface area contributed by atoms with E-state index in [-0.39, 0.29) is 31.1 Å². The van der Waals surface area contributed by atoms with Gasteiger partial charge in [-0.25, -0.2) is 0 Å². The van der Waals surface area contributed by atoms with E-state index in [9.17, 15) is 14.4 Å². The zero-order chi connectivity index (χ0) is 55.7. The lowest BCUT2D eigenvalue weighted by molar-refractivity contribution is -0.167. The topological polar surface area (TPSA) is 78.9 Å². The Labute approximate surface area is 479 Å². The number of carbonyl (C=O) groups excluding carboxylic acids is 3. The molecule has 6 heteroatoms. The Hall–Kier alpha value is -2.89. The Morgan fingerprint density at radius 2 is 0.468 bits per heavy atom. The second kappa shape index (κ2) is 65.6. The smallest absolute Gasteiger partial charge is 0.306 e. The summed E-state index contributed by atoms with van der Waals surface area (Å²) in [6, 6.07) is 0. The van der Waals surface area contributed by atoms with Crippen LogP contribution >= 0.6 is 0 Å². The number of allylic oxidation sites excluding steroid dienone is 10. The third kappa shape index (κ3) is 63.8. The maximum absolute atomic E-state index is 12.9. The molecule has 0 saturated heterocycles. The molecule has 0 aromatic rings. The van der Waals surface area contributed by atoms with Crippen LogP contribution in [0, 0.1) is 0 Å². The third-order valence-corrected chi connectivity index (χ3v) is 15.0. The molecule has 0 aromatic carbocycles. The Bertz CT molecular complexity index is 1380. The van der Waals surface area contributed by atoms with Crippen LogP contribution in [-0.2, 0) is 28.6 Å². The summed E-state index contributed by atoms with van der Waals surface area (Å²) in [6.07, 6.45) is 83.7. The molecule has 0 aliphatic rings. The van der Waals surface area contributed by atoms with Crippen LogP contribution in [0.25, 0.3) is 0 Å². The highest BCUT2D eigenvalue weighted by Crippen LogP contribution is 2.17. The standard InChI is InChI=1S/C71H128O6/c1-4-7-10-13-16-19-22-25-28-31-33-34-35-36-38-40-43-46-49-52-55-58-61-64-70(73)76-67-68(66-75-69(72)63-60-57-54-51-48-45-42-39-30-27-24-21-18-15-12-9-6-3)77-71(74)65-62-59-56-53-50-47-44-41-37-32-29-26-23-20-17-14-11-8-5-2/h18,21-22,25-27,29-31,33,68H,4-17,19-20,23-24,28,32,34-67H2,1-3H3/b21-18-,25-22-,29-26-,30-27-,33-31-. The van der Waals surface area contributed by atoms with Gasteiger partial charge in [-0.15, -0.1) is 0 Å². The maximum Gasteiger partial charge on any atom is 0.306 e. The summed E-state index contributed by atoms with van der Waals surface area (Å²) < 4.78 is 17.0. The van der Waals surface area contributed by atoms with Crippen LogP contribution in [-0.4, -0.2) is 37.2 Å². The quantitative estimate of drug-likeness (QED) is 0.0261. The molecule has 1 unspecified atom stereocenters. The normalized spacial score (nSPS) is 12.4. The first kappa shape index (κ1) is 74.1. The molecular weight excluding hydrogens is 949 g/mol. The molecule has 0 heterocycles. The fraction of sp³-hybridized carbons (Fsp3) is 0.817. The molecule has 448 valence electrons. The van der Waals surface area contributed by atoms with Gasteiger partial charge < -0.3 is 14.2 Å². The lowest BCUT2D eigenvalue weighted by Gasteiger charge is -2.18. The van der Waals surface area contributed by atoms with Gasteiger partial charge in [0.2, 0.25) is 0 Å². The van der Waals surface area contributed by atoms with Gasteiger partial charge in [0.25, 0.3) is 0 Å². The van der Waals surface area contributed by atoms with Gasteiger partial charge in [0.05, 0.1) is 0 Å². The summed E-state index contributed by atoms with van der Waals surface area (Å²) in [6.45, 7) is 6.64. The molecule has 0 aliphatic heterocycles. The van der Waals surface area contributed by atoms with Gasteiger partial charge >= 0.3 is 17.9 Å². The maximum atomic E-state index is 12.9. The summed E-state index contributed by atoms with van der Waals surface area (Å²) in [5, 5.41) is 0. The van der Waals surface area contributed by atoms with Crippen LogP contribution in [0.5, 0.6) is 0 Å². The van der Waals surface area contributed by atoms with Crippen molar-refractivity contribution in [1.82, 2.24) is 0 Å². The molecule has 0 N–H and O–H groups in total. The van der Waals surface area contributed by atoms with E-state index in [2.05, 4.69) is 81.5 Å². The highest BCUT2D eigenvalue weighted by atomic mass is 16.6. The van der Waals surface area contributed by atoms with E-state index in [1.165, 1.54) is 238 Å². The molecule has 0 amide bonds. The largest absolute Gasteiger partial charge is 0.462 e. The first-order valence-electron chi connectivity index (χ1n) is 33.8. The van der Waals surface area contributed by atoms with Crippen LogP contribution in [0.1, 0.15) is 355 Å². The van der Waals surface area contributed by atoms with Crippen LogP contribution in [0.4, 0.5) is 0 Å². The second-order valence-corrected chi connectivity index (χ2v) is 22.7. The van der Waals surface area contributed by atoms with E-state index >= 15 is 0 Å². The fourth-order valence-corrected chi connectivity index (χ4v) is 9.85. The highest BCUT2D eigenvalue weighted by Gasteiger charge is 2.19. The Balaban J connectivity index is 4.35. The number of ether oxygens (including phenoxy) is 3. The summed E-state index contributed by atoms with van der Waals surface area (Å²) >= 11 is 0. The Morgan fingerprint density at radius 3 is 0.753 bits per heavy atom. The van der Waals surface area contributed by atoms with Gasteiger partial charge in [0.1, 0.15) is 13.2 Å². The minimum atomic E-state index is -0.781. The molecule has 0 fully saturated rings. The first-order chi connectivity index (χ1) is 38.0. The van der Waals surface area contributed by atoms with Crippen LogP contribution in [0.15, 0.2) is 60.8 Å². The zero-order valence-electron chi connectivity index (χ0n) is 51.5. The van der Waals surface area contributed by atoms with E-state index in [4.69, 9.17) is 14.2 Å². The van der Waals surface area contributed by atoms with Gasteiger partial charge in [-0.2, -0.15) is 0 Å². The molecule has 0 aromatic heterocycles. The molecule has 0 bridgehead atoms. The van der Waals surface area contributed by atoms with Crippen molar-refractivity contribution in [3.05, 3.63) is 60.8 Å². The summed E-state index contributed by atoms with van der Waals surface area (Å²) in [4.78, 5) is 38.4. The Morgan fingerprint density at radius 1 is 0.260 bits per heavy atom. The van der Waals surface area contributed by atoms with Crippen molar-refractivity contribution in [2.45, 2.75) is 361 Å². The number of esters is 3. The summed E-state index contributed by atoms with van der Waals surface area (Å²) in [5.74, 6) is -0.868. The molecule has 6 nitrogen and oxygen atoms in total. The van der Waals surface area contributed by atoms with Gasteiger partial charge in [-0.1, -0.05) is 287 Å². The van der Waals surface area contributed by atoms with Crippen molar-refractivity contribution in [3.8, 4) is 0 Å². The van der Waals surface area contributed by atoms with Crippen LogP contribution in [0.3, 0.4) is 0 Å². The number of rotatable bonds is 62. The predicted molar refractivity (Wildman–Crippen MR) is 335 cm³/mol. The highest BCUT2D eigenvalue weighted by molar-refractivity contribution is 5.71. The molecule has 0 rings (SSSR count). The van der Waals surface area contributed by atoms with E-state index in [0.29, 0.717) is 19.3 Å². The van der Waals surface area contributed by atoms with Crippen molar-refractivity contribution in [2.24, 2.45) is 0 Å². The molecular formula is C71H128O6. The molecule has 0 aliphatic carbocycles. The van der Waals surface area contributed by atoms with Gasteiger partial charge in [0, 0.05) is 19.3 Å². The number of carbonyl (C=O) groups is 3. The first-order valence-corrected chi connectivity index (χ1v) is 33.8. The van der Waals surface area contributed by atoms with E-state index in [1.54, 1.807) is 0 Å². The molecule has 0 saturated carbocycles. The van der Waals surface area contributed by atoms with E-state index < -0.39 is 6.10 Å². The van der Waals surface area contributed by atoms with Crippen molar-refractivity contribution in [1.29, 1.82) is 0 Å². The monoisotopic (exact) mass is 1080 g/mol. The Kier molecular flexibility index (Phi) is 63.2. The SMILES string of the molecule is CCCCC/C=C\C/C=C\CCCCCCCCCC(=O)OCC(COC(=O)CCCCCCCCCCCCC/C=C\C/C=C\CCCCCCC)OC(=O)CCCCCCCCCCC/C=C\CCCCCCCC. The lowest BCUT2D eigenvalue weighted by atomic mass is 10.0. The lowest BCUT2D eigenvalue weighted by Crippen LogP contribution is -2.30. The summed E-state index contributed by atoms with van der Waals surface area (Å²) in [5.41, 5.74) is 0. The van der Waals surface area contributed by atoms with Crippen molar-refractivity contribution < 1.29 is 28.6 Å². The zero-order valence-corrected chi connectivity index (χ0v) is 51.5. The summed E-state index contributed by atoms with van der Waals surface area (Å²) in [7, 11) is 0. The number of hydrogen-bond donors (Lipinski definition) is 0. The van der Waals surface area contributed by atoms with Crippen molar-refractivity contribution in [2.75, 3.05) is 13.2 Å². The van der Waals surface area contributed by atoms with Crippen LogP contribution < -0.4 is 0 Å². The van der Waals surface area contributed by atoms with E-state index in [1.807, 2.05) is 0 Å². The van der Waals surface area contributed by atoms with Gasteiger partial charge in [0.15, 0.2) is 6.10 Å². The van der Waals surface area contributed by atoms with Gasteiger partial charge in [-0.3, -0.25) is 14.4 Å². The average Bonchev–Trinajstić information content (AvgIpc) is 3.43. The van der Waals surface area contributed by atoms with Crippen molar-refractivity contribution in [3.63, 3.8) is 0 Å². The minimum Gasteiger partial charge on any atom is -0.462 e. The molecule has 77 heavy (non-hydrogen) atoms. The average molecular weight is 1080 g/mol. The molecule has 0 spiro atoms. The molecule has 0 radical (unpaired) electrons. The predicted octanol–water partition coefficient (Wildman–Crippen LogP) is 23.1. The number of unbranched alkanes of at least 4 members (excludes halogenated alkanes) is 41. The fourth-order valence-electron chi connectivity index (χ4n) is 9.85. The van der Waals surface area contributed by atoms with Crippen molar-refractivity contribution >= 4 is 17.9 Å². The second-order valence-electron chi connectivity index (χ2n) is 22.7. The van der Waals surface area contributed by atoms with Crippen LogP contribution in [0.2, 0.25) is 0 Å².